The molecular formula is C28H24N4O4. The minimum atomic E-state index is -0.983. The first-order chi connectivity index (χ1) is 17.7. The van der Waals surface area contributed by atoms with Gasteiger partial charge < -0.3 is 19.6 Å². The molecule has 180 valence electrons. The molecule has 1 aliphatic rings. The Bertz CT molecular complexity index is 1570. The number of oxazole rings is 1. The number of rotatable bonds is 6. The predicted octanol–water partition coefficient (Wildman–Crippen LogP) is 5.32. The second kappa shape index (κ2) is 9.41. The number of carbonyl (C=O) groups is 1. The summed E-state index contributed by atoms with van der Waals surface area (Å²) in [6.45, 7) is 3.72. The van der Waals surface area contributed by atoms with E-state index in [1.807, 2.05) is 42.6 Å². The highest BCUT2D eigenvalue weighted by atomic mass is 16.5. The molecule has 2 aromatic heterocycles. The monoisotopic (exact) mass is 480 g/mol. The molecule has 8 heteroatoms. The molecule has 0 spiro atoms. The molecule has 5 aromatic rings. The summed E-state index contributed by atoms with van der Waals surface area (Å²) in [5.41, 5.74) is 6.79. The number of nitrogens with zero attached hydrogens (tertiary/aromatic N) is 3. The minimum absolute atomic E-state index is 0.211. The van der Waals surface area contributed by atoms with E-state index in [1.54, 1.807) is 18.2 Å². The van der Waals surface area contributed by atoms with Crippen molar-refractivity contribution in [3.8, 4) is 11.1 Å². The smallest absolute Gasteiger partial charge is 0.337 e. The van der Waals surface area contributed by atoms with Gasteiger partial charge in [0, 0.05) is 42.3 Å². The molecule has 3 aromatic carbocycles. The van der Waals surface area contributed by atoms with Crippen LogP contribution in [0.4, 0.5) is 11.4 Å². The lowest BCUT2D eigenvalue weighted by Gasteiger charge is -2.28. The largest absolute Gasteiger partial charge is 0.478 e. The number of aromatic nitrogens is 2. The van der Waals surface area contributed by atoms with Crippen molar-refractivity contribution in [1.82, 2.24) is 14.9 Å². The maximum atomic E-state index is 11.9. The van der Waals surface area contributed by atoms with Gasteiger partial charge >= 0.3 is 5.97 Å². The first-order valence-electron chi connectivity index (χ1n) is 11.8. The first-order valence-corrected chi connectivity index (χ1v) is 11.8. The van der Waals surface area contributed by atoms with Crippen LogP contribution in [-0.2, 0) is 11.3 Å². The van der Waals surface area contributed by atoms with Crippen molar-refractivity contribution in [2.45, 2.75) is 6.54 Å². The van der Waals surface area contributed by atoms with Crippen molar-refractivity contribution < 1.29 is 19.1 Å². The third-order valence-electron chi connectivity index (χ3n) is 6.53. The number of para-hydroxylation sites is 2. The molecule has 36 heavy (non-hydrogen) atoms. The number of hydrogen-bond donors (Lipinski definition) is 2. The summed E-state index contributed by atoms with van der Waals surface area (Å²) in [5, 5.41) is 14.1. The molecule has 0 saturated carbocycles. The second-order valence-electron chi connectivity index (χ2n) is 8.76. The topological polar surface area (TPSA) is 101 Å². The molecule has 0 bridgehead atoms. The van der Waals surface area contributed by atoms with Crippen LogP contribution in [0.5, 0.6) is 0 Å². The third kappa shape index (κ3) is 4.17. The van der Waals surface area contributed by atoms with Crippen molar-refractivity contribution >= 4 is 39.3 Å². The number of hydrogen-bond acceptors (Lipinski definition) is 7. The summed E-state index contributed by atoms with van der Waals surface area (Å²) in [6.07, 6.45) is 3.33. The van der Waals surface area contributed by atoms with Crippen LogP contribution < -0.4 is 5.32 Å². The van der Waals surface area contributed by atoms with Gasteiger partial charge in [-0.2, -0.15) is 0 Å². The van der Waals surface area contributed by atoms with Crippen LogP contribution in [0.3, 0.4) is 0 Å². The highest BCUT2D eigenvalue weighted by molar-refractivity contribution is 6.02. The number of carboxylic acid groups (broad SMARTS) is 1. The van der Waals surface area contributed by atoms with Gasteiger partial charge in [-0.1, -0.05) is 30.3 Å². The van der Waals surface area contributed by atoms with E-state index in [-0.39, 0.29) is 5.56 Å². The maximum Gasteiger partial charge on any atom is 0.337 e. The van der Waals surface area contributed by atoms with E-state index < -0.39 is 5.97 Å². The summed E-state index contributed by atoms with van der Waals surface area (Å²) in [7, 11) is 0. The summed E-state index contributed by atoms with van der Waals surface area (Å²) in [4.78, 5) is 23.3. The minimum Gasteiger partial charge on any atom is -0.478 e. The maximum absolute atomic E-state index is 11.9. The van der Waals surface area contributed by atoms with Gasteiger partial charge in [0.15, 0.2) is 12.0 Å². The van der Waals surface area contributed by atoms with E-state index >= 15 is 0 Å². The van der Waals surface area contributed by atoms with Gasteiger partial charge in [0.2, 0.25) is 0 Å². The number of benzene rings is 3. The lowest BCUT2D eigenvalue weighted by Crippen LogP contribution is -2.35. The third-order valence-corrected chi connectivity index (χ3v) is 6.53. The average molecular weight is 481 g/mol. The highest BCUT2D eigenvalue weighted by Gasteiger charge is 2.19. The van der Waals surface area contributed by atoms with E-state index in [4.69, 9.17) is 14.1 Å². The van der Waals surface area contributed by atoms with Crippen LogP contribution in [-0.4, -0.2) is 52.2 Å². The lowest BCUT2D eigenvalue weighted by molar-refractivity contribution is 0.0342. The number of anilines is 2. The number of pyridine rings is 1. The Hall–Kier alpha value is -4.27. The molecule has 1 fully saturated rings. The fourth-order valence-electron chi connectivity index (χ4n) is 4.70. The molecule has 8 nitrogen and oxygen atoms in total. The van der Waals surface area contributed by atoms with E-state index in [9.17, 15) is 9.90 Å². The number of aromatic carboxylic acids is 1. The Labute approximate surface area is 207 Å². The van der Waals surface area contributed by atoms with Gasteiger partial charge in [-0.25, -0.2) is 9.78 Å². The number of carboxylic acids is 1. The molecule has 3 heterocycles. The molecule has 6 rings (SSSR count). The summed E-state index contributed by atoms with van der Waals surface area (Å²) in [6, 6.07) is 18.9. The Morgan fingerprint density at radius 2 is 1.86 bits per heavy atom. The van der Waals surface area contributed by atoms with Crippen molar-refractivity contribution in [2.75, 3.05) is 31.6 Å². The molecule has 0 unspecified atom stereocenters. The van der Waals surface area contributed by atoms with Gasteiger partial charge in [-0.15, -0.1) is 0 Å². The van der Waals surface area contributed by atoms with Crippen molar-refractivity contribution in [3.63, 3.8) is 0 Å². The molecule has 2 N–H and O–H groups in total. The number of ether oxygens (including phenoxy) is 1. The molecule has 0 atom stereocenters. The van der Waals surface area contributed by atoms with E-state index in [2.05, 4.69) is 21.3 Å². The summed E-state index contributed by atoms with van der Waals surface area (Å²) >= 11 is 0. The van der Waals surface area contributed by atoms with Crippen LogP contribution in [0, 0.1) is 0 Å². The van der Waals surface area contributed by atoms with Gasteiger partial charge in [-0.05, 0) is 35.9 Å². The standard InChI is InChI=1S/C28H24N4O4/c33-28(34)21-4-1-2-6-24(21)31-26-19(16-32-10-12-35-13-11-32)15-29-23-9-8-18(14-22(23)26)20-5-3-7-25-27(20)36-17-30-25/h1-9,14-15,17H,10-13,16H2,(H,29,31)(H,33,34). The number of nitrogens with one attached hydrogen (secondary N) is 1. The lowest BCUT2D eigenvalue weighted by atomic mass is 10.00. The van der Waals surface area contributed by atoms with Gasteiger partial charge in [-0.3, -0.25) is 9.88 Å². The molecule has 0 aliphatic carbocycles. The predicted molar refractivity (Wildman–Crippen MR) is 138 cm³/mol. The van der Waals surface area contributed by atoms with Crippen molar-refractivity contribution in [1.29, 1.82) is 0 Å². The van der Waals surface area contributed by atoms with Crippen molar-refractivity contribution in [2.24, 2.45) is 0 Å². The fraction of sp³-hybridized carbons (Fsp3) is 0.179. The van der Waals surface area contributed by atoms with E-state index in [0.29, 0.717) is 25.4 Å². The number of fused-ring (bicyclic) bond motifs is 2. The van der Waals surface area contributed by atoms with E-state index in [1.165, 1.54) is 6.39 Å². The van der Waals surface area contributed by atoms with Crippen molar-refractivity contribution in [3.05, 3.63) is 84.4 Å². The number of morpholine rings is 1. The van der Waals surface area contributed by atoms with Crippen LogP contribution in [0.1, 0.15) is 15.9 Å². The molecule has 1 aliphatic heterocycles. The van der Waals surface area contributed by atoms with Crippen LogP contribution >= 0.6 is 0 Å². The Morgan fingerprint density at radius 3 is 2.72 bits per heavy atom. The Kier molecular flexibility index (Phi) is 5.80. The molecule has 0 amide bonds. The highest BCUT2D eigenvalue weighted by Crippen LogP contribution is 2.36. The zero-order valence-electron chi connectivity index (χ0n) is 19.5. The molecule has 0 radical (unpaired) electrons. The SMILES string of the molecule is O=C(O)c1ccccc1Nc1c(CN2CCOCC2)cnc2ccc(-c3cccc4ncoc34)cc12. The van der Waals surface area contributed by atoms with Gasteiger partial charge in [0.05, 0.1) is 35.7 Å². The molecular weight excluding hydrogens is 456 g/mol. The average Bonchev–Trinajstić information content (AvgIpc) is 3.40. The quantitative estimate of drug-likeness (QED) is 0.337. The normalized spacial score (nSPS) is 14.3. The van der Waals surface area contributed by atoms with Crippen LogP contribution in [0.25, 0.3) is 33.1 Å². The second-order valence-corrected chi connectivity index (χ2v) is 8.76. The first kappa shape index (κ1) is 22.2. The summed E-state index contributed by atoms with van der Waals surface area (Å²) < 4.78 is 11.2. The van der Waals surface area contributed by atoms with Crippen LogP contribution in [0.15, 0.2) is 77.7 Å². The van der Waals surface area contributed by atoms with E-state index in [0.717, 1.165) is 57.5 Å². The zero-order valence-corrected chi connectivity index (χ0v) is 19.5. The Balaban J connectivity index is 1.52. The fourth-order valence-corrected chi connectivity index (χ4v) is 4.70. The summed E-state index contributed by atoms with van der Waals surface area (Å²) in [5.74, 6) is -0.983. The molecule has 1 saturated heterocycles. The van der Waals surface area contributed by atoms with Gasteiger partial charge in [0.25, 0.3) is 0 Å². The Morgan fingerprint density at radius 1 is 1.00 bits per heavy atom. The zero-order chi connectivity index (χ0) is 24.5. The van der Waals surface area contributed by atoms with Crippen LogP contribution in [0.2, 0.25) is 0 Å². The van der Waals surface area contributed by atoms with Gasteiger partial charge in [0.1, 0.15) is 5.52 Å².